The fourth-order valence-electron chi connectivity index (χ4n) is 6.15. The molecule has 2 heteroatoms. The first-order valence-corrected chi connectivity index (χ1v) is 9.74. The summed E-state index contributed by atoms with van der Waals surface area (Å²) in [4.78, 5) is 2.84. The number of phenols is 1. The molecule has 23 heavy (non-hydrogen) atoms. The Bertz CT molecular complexity index is 583. The molecule has 1 heterocycles. The first-order valence-electron chi connectivity index (χ1n) is 9.74. The summed E-state index contributed by atoms with van der Waals surface area (Å²) < 4.78 is 0. The third-order valence-corrected chi connectivity index (χ3v) is 7.14. The number of piperidine rings is 1. The van der Waals surface area contributed by atoms with E-state index in [4.69, 9.17) is 0 Å². The van der Waals surface area contributed by atoms with Crippen molar-refractivity contribution in [1.82, 2.24) is 4.90 Å². The summed E-state index contributed by atoms with van der Waals surface area (Å²) in [5.74, 6) is 1.27. The molecule has 1 N–H and O–H groups in total. The highest BCUT2D eigenvalue weighted by Gasteiger charge is 2.54. The molecule has 0 spiro atoms. The number of nitrogens with zero attached hydrogens (tertiary/aromatic N) is 1. The monoisotopic (exact) mass is 313 g/mol. The lowest BCUT2D eigenvalue weighted by molar-refractivity contribution is -0.0317. The molecule has 4 rings (SSSR count). The van der Waals surface area contributed by atoms with Crippen LogP contribution in [0.25, 0.3) is 0 Å². The van der Waals surface area contributed by atoms with Gasteiger partial charge in [0.25, 0.3) is 0 Å². The van der Waals surface area contributed by atoms with Gasteiger partial charge in [0.2, 0.25) is 0 Å². The first-order chi connectivity index (χ1) is 11.2. The van der Waals surface area contributed by atoms with Crippen LogP contribution in [0.5, 0.6) is 5.75 Å². The lowest BCUT2D eigenvalue weighted by atomic mass is 9.52. The predicted octanol–water partition coefficient (Wildman–Crippen LogP) is 4.64. The normalized spacial score (nSPS) is 34.5. The van der Waals surface area contributed by atoms with E-state index in [2.05, 4.69) is 30.9 Å². The van der Waals surface area contributed by atoms with Crippen molar-refractivity contribution in [3.8, 4) is 5.75 Å². The summed E-state index contributed by atoms with van der Waals surface area (Å²) in [6, 6.07) is 7.65. The summed E-state index contributed by atoms with van der Waals surface area (Å²) in [6.45, 7) is 5.99. The molecular weight excluding hydrogens is 282 g/mol. The molecule has 0 radical (unpaired) electrons. The van der Waals surface area contributed by atoms with Gasteiger partial charge in [-0.05, 0) is 74.8 Å². The Kier molecular flexibility index (Phi) is 3.91. The number of phenolic OH excluding ortho intramolecular Hbond substituents is 1. The molecule has 1 aliphatic heterocycles. The standard InChI is InChI=1S/C21H31NO/c1-3-6-15(2)22-12-11-21-10-5-4-7-18(21)20(22)13-16-8-9-17(23)14-19(16)21/h8-9,14-15,18,20,23H,3-7,10-13H2,1-2H3/t15-,18+,20-,21-/m1/s1. The molecule has 2 nitrogen and oxygen atoms in total. The zero-order valence-corrected chi connectivity index (χ0v) is 14.7. The topological polar surface area (TPSA) is 23.5 Å². The lowest BCUT2D eigenvalue weighted by Crippen LogP contribution is -2.62. The molecule has 0 amide bonds. The van der Waals surface area contributed by atoms with Crippen LogP contribution in [0.1, 0.15) is 69.9 Å². The van der Waals surface area contributed by atoms with Gasteiger partial charge in [-0.25, -0.2) is 0 Å². The highest BCUT2D eigenvalue weighted by Crippen LogP contribution is 2.56. The van der Waals surface area contributed by atoms with Crippen LogP contribution in [0.15, 0.2) is 18.2 Å². The molecule has 1 saturated heterocycles. The Morgan fingerprint density at radius 1 is 1.30 bits per heavy atom. The van der Waals surface area contributed by atoms with E-state index >= 15 is 0 Å². The Morgan fingerprint density at radius 2 is 2.17 bits per heavy atom. The van der Waals surface area contributed by atoms with Crippen molar-refractivity contribution in [3.05, 3.63) is 29.3 Å². The van der Waals surface area contributed by atoms with Crippen LogP contribution in [-0.2, 0) is 11.8 Å². The number of aromatic hydroxyl groups is 1. The van der Waals surface area contributed by atoms with Gasteiger partial charge in [-0.15, -0.1) is 0 Å². The van der Waals surface area contributed by atoms with E-state index in [0.29, 0.717) is 17.2 Å². The number of fused-ring (bicyclic) bond motifs is 1. The summed E-state index contributed by atoms with van der Waals surface area (Å²) in [5, 5.41) is 10.1. The van der Waals surface area contributed by atoms with E-state index in [9.17, 15) is 5.11 Å². The van der Waals surface area contributed by atoms with E-state index < -0.39 is 0 Å². The van der Waals surface area contributed by atoms with Gasteiger partial charge >= 0.3 is 0 Å². The zero-order valence-electron chi connectivity index (χ0n) is 14.7. The smallest absolute Gasteiger partial charge is 0.115 e. The molecule has 1 saturated carbocycles. The van der Waals surface area contributed by atoms with Crippen LogP contribution in [0, 0.1) is 5.92 Å². The van der Waals surface area contributed by atoms with E-state index in [1.165, 1.54) is 69.0 Å². The maximum atomic E-state index is 10.1. The SMILES string of the molecule is CCC[C@@H](C)N1CC[C@]23CCCC[C@H]2[C@H]1Cc1ccc(O)cc13. The van der Waals surface area contributed by atoms with Crippen molar-refractivity contribution in [1.29, 1.82) is 0 Å². The van der Waals surface area contributed by atoms with Gasteiger partial charge in [0.15, 0.2) is 0 Å². The molecule has 126 valence electrons. The summed E-state index contributed by atoms with van der Waals surface area (Å²) >= 11 is 0. The Hall–Kier alpha value is -1.02. The minimum absolute atomic E-state index is 0.359. The molecule has 2 bridgehead atoms. The number of likely N-dealkylation sites (tertiary alicyclic amines) is 1. The highest BCUT2D eigenvalue weighted by molar-refractivity contribution is 5.45. The zero-order chi connectivity index (χ0) is 16.0. The number of hydrogen-bond acceptors (Lipinski definition) is 2. The van der Waals surface area contributed by atoms with Crippen molar-refractivity contribution in [2.45, 2.75) is 82.7 Å². The van der Waals surface area contributed by atoms with Crippen molar-refractivity contribution >= 4 is 0 Å². The van der Waals surface area contributed by atoms with E-state index in [1.54, 1.807) is 0 Å². The second-order valence-electron chi connectivity index (χ2n) is 8.25. The average molecular weight is 313 g/mol. The molecule has 1 aromatic carbocycles. The Balaban J connectivity index is 1.76. The van der Waals surface area contributed by atoms with Crippen molar-refractivity contribution in [2.24, 2.45) is 5.92 Å². The fraction of sp³-hybridized carbons (Fsp3) is 0.714. The van der Waals surface area contributed by atoms with Crippen molar-refractivity contribution < 1.29 is 5.11 Å². The maximum absolute atomic E-state index is 10.1. The van der Waals surface area contributed by atoms with Gasteiger partial charge in [-0.1, -0.05) is 32.3 Å². The Labute approximate surface area is 140 Å². The minimum Gasteiger partial charge on any atom is -0.508 e. The van der Waals surface area contributed by atoms with Gasteiger partial charge in [0.05, 0.1) is 0 Å². The number of benzene rings is 1. The van der Waals surface area contributed by atoms with Crippen molar-refractivity contribution in [3.63, 3.8) is 0 Å². The second kappa shape index (κ2) is 5.81. The van der Waals surface area contributed by atoms with Gasteiger partial charge in [0, 0.05) is 17.5 Å². The van der Waals surface area contributed by atoms with Crippen molar-refractivity contribution in [2.75, 3.05) is 6.54 Å². The fourth-order valence-corrected chi connectivity index (χ4v) is 6.15. The van der Waals surface area contributed by atoms with E-state index in [1.807, 2.05) is 6.07 Å². The molecular formula is C21H31NO. The van der Waals surface area contributed by atoms with Crippen LogP contribution < -0.4 is 0 Å². The number of rotatable bonds is 3. The van der Waals surface area contributed by atoms with E-state index in [-0.39, 0.29) is 0 Å². The molecule has 0 aromatic heterocycles. The molecule has 0 unspecified atom stereocenters. The summed E-state index contributed by atoms with van der Waals surface area (Å²) in [6.07, 6.45) is 10.6. The predicted molar refractivity (Wildman–Crippen MR) is 94.9 cm³/mol. The van der Waals surface area contributed by atoms with Gasteiger partial charge in [-0.3, -0.25) is 4.90 Å². The lowest BCUT2D eigenvalue weighted by Gasteiger charge is -2.60. The van der Waals surface area contributed by atoms with Gasteiger partial charge in [0.1, 0.15) is 5.75 Å². The summed E-state index contributed by atoms with van der Waals surface area (Å²) in [5.41, 5.74) is 3.37. The third-order valence-electron chi connectivity index (χ3n) is 7.14. The van der Waals surface area contributed by atoms with Crippen LogP contribution in [0.3, 0.4) is 0 Å². The average Bonchev–Trinajstić information content (AvgIpc) is 2.56. The first kappa shape index (κ1) is 15.5. The van der Waals surface area contributed by atoms with Gasteiger partial charge < -0.3 is 5.11 Å². The Morgan fingerprint density at radius 3 is 3.00 bits per heavy atom. The second-order valence-corrected chi connectivity index (χ2v) is 8.25. The molecule has 1 aromatic rings. The maximum Gasteiger partial charge on any atom is 0.115 e. The van der Waals surface area contributed by atoms with Crippen LogP contribution in [0.4, 0.5) is 0 Å². The molecule has 2 aliphatic carbocycles. The van der Waals surface area contributed by atoms with Crippen LogP contribution in [0.2, 0.25) is 0 Å². The van der Waals surface area contributed by atoms with Gasteiger partial charge in [-0.2, -0.15) is 0 Å². The molecule has 2 fully saturated rings. The third kappa shape index (κ3) is 2.33. The quantitative estimate of drug-likeness (QED) is 0.879. The minimum atomic E-state index is 0.359. The van der Waals surface area contributed by atoms with Crippen LogP contribution >= 0.6 is 0 Å². The largest absolute Gasteiger partial charge is 0.508 e. The molecule has 4 atom stereocenters. The number of hydrogen-bond donors (Lipinski definition) is 1. The summed E-state index contributed by atoms with van der Waals surface area (Å²) in [7, 11) is 0. The van der Waals surface area contributed by atoms with E-state index in [0.717, 1.165) is 12.0 Å². The van der Waals surface area contributed by atoms with Crippen LogP contribution in [-0.4, -0.2) is 28.6 Å². The molecule has 3 aliphatic rings. The highest BCUT2D eigenvalue weighted by atomic mass is 16.3.